The number of rotatable bonds is 6. The first-order valence-corrected chi connectivity index (χ1v) is 6.35. The number of carboxylic acids is 1. The quantitative estimate of drug-likeness (QED) is 0.462. The molecule has 1 aromatic carbocycles. The number of benzene rings is 1. The summed E-state index contributed by atoms with van der Waals surface area (Å²) in [6.45, 7) is 2.58. The Labute approximate surface area is 106 Å². The summed E-state index contributed by atoms with van der Waals surface area (Å²) in [5, 5.41) is 12.3. The van der Waals surface area contributed by atoms with Gasteiger partial charge in [0.25, 0.3) is 0 Å². The summed E-state index contributed by atoms with van der Waals surface area (Å²) in [5.41, 5.74) is 0.961. The van der Waals surface area contributed by atoms with Crippen LogP contribution in [-0.2, 0) is 0 Å². The van der Waals surface area contributed by atoms with E-state index < -0.39 is 5.97 Å². The van der Waals surface area contributed by atoms with Gasteiger partial charge in [-0.05, 0) is 17.9 Å². The molecule has 0 atom stereocenters. The number of thioether (sulfide) groups is 1. The number of hydrogen-bond acceptors (Lipinski definition) is 3. The van der Waals surface area contributed by atoms with Crippen molar-refractivity contribution in [2.75, 3.05) is 17.6 Å². The Balaban J connectivity index is 2.99. The standard InChI is InChI=1S/C13H15NO2S/c1-3-5-9-14-10-7-6-8-11(17-4-2)12(10)13(15)16/h1,6-8,14H,4-5,9H2,2H3,(H,15,16). The molecule has 0 radical (unpaired) electrons. The maximum absolute atomic E-state index is 11.3. The highest BCUT2D eigenvalue weighted by atomic mass is 32.2. The molecule has 1 aromatic rings. The lowest BCUT2D eigenvalue weighted by molar-refractivity contribution is 0.0694. The third-order valence-corrected chi connectivity index (χ3v) is 3.06. The van der Waals surface area contributed by atoms with Crippen molar-refractivity contribution in [3.05, 3.63) is 23.8 Å². The Hall–Kier alpha value is -1.60. The Morgan fingerprint density at radius 1 is 1.59 bits per heavy atom. The van der Waals surface area contributed by atoms with Gasteiger partial charge in [0.05, 0.1) is 5.56 Å². The molecule has 0 fully saturated rings. The van der Waals surface area contributed by atoms with Crippen LogP contribution in [0.25, 0.3) is 0 Å². The molecule has 0 amide bonds. The molecule has 4 heteroatoms. The second-order valence-electron chi connectivity index (χ2n) is 3.30. The highest BCUT2D eigenvalue weighted by Crippen LogP contribution is 2.28. The molecule has 0 saturated heterocycles. The summed E-state index contributed by atoms with van der Waals surface area (Å²) in [4.78, 5) is 12.0. The van der Waals surface area contributed by atoms with Crippen LogP contribution in [0.2, 0.25) is 0 Å². The van der Waals surface area contributed by atoms with E-state index in [1.165, 1.54) is 11.8 Å². The highest BCUT2D eigenvalue weighted by Gasteiger charge is 2.14. The Morgan fingerprint density at radius 3 is 2.94 bits per heavy atom. The van der Waals surface area contributed by atoms with Gasteiger partial charge in [0.1, 0.15) is 0 Å². The van der Waals surface area contributed by atoms with Crippen LogP contribution in [0.15, 0.2) is 23.1 Å². The summed E-state index contributed by atoms with van der Waals surface area (Å²) >= 11 is 1.52. The fourth-order valence-corrected chi connectivity index (χ4v) is 2.27. The van der Waals surface area contributed by atoms with E-state index in [1.807, 2.05) is 19.1 Å². The van der Waals surface area contributed by atoms with Crippen molar-refractivity contribution in [1.29, 1.82) is 0 Å². The zero-order valence-electron chi connectivity index (χ0n) is 9.69. The van der Waals surface area contributed by atoms with E-state index in [4.69, 9.17) is 6.42 Å². The molecule has 1 rings (SSSR count). The SMILES string of the molecule is C#CCCNc1cccc(SCC)c1C(=O)O. The lowest BCUT2D eigenvalue weighted by atomic mass is 10.1. The van der Waals surface area contributed by atoms with E-state index in [9.17, 15) is 9.90 Å². The predicted octanol–water partition coefficient (Wildman–Crippen LogP) is 2.93. The van der Waals surface area contributed by atoms with Gasteiger partial charge in [-0.2, -0.15) is 0 Å². The fourth-order valence-electron chi connectivity index (χ4n) is 1.44. The van der Waals surface area contributed by atoms with E-state index in [0.29, 0.717) is 24.2 Å². The summed E-state index contributed by atoms with van der Waals surface area (Å²) in [7, 11) is 0. The second kappa shape index (κ2) is 6.87. The van der Waals surface area contributed by atoms with Gasteiger partial charge in [0.2, 0.25) is 0 Å². The summed E-state index contributed by atoms with van der Waals surface area (Å²) in [6.07, 6.45) is 5.73. The summed E-state index contributed by atoms with van der Waals surface area (Å²) in [6, 6.07) is 5.44. The van der Waals surface area contributed by atoms with E-state index in [1.54, 1.807) is 6.07 Å². The first-order valence-electron chi connectivity index (χ1n) is 5.37. The molecule has 0 aliphatic rings. The van der Waals surface area contributed by atoms with Crippen LogP contribution in [0.3, 0.4) is 0 Å². The van der Waals surface area contributed by atoms with Crippen LogP contribution in [0.5, 0.6) is 0 Å². The zero-order chi connectivity index (χ0) is 12.7. The third-order valence-electron chi connectivity index (χ3n) is 2.12. The molecule has 0 heterocycles. The average molecular weight is 249 g/mol. The molecule has 0 unspecified atom stereocenters. The van der Waals surface area contributed by atoms with Crippen LogP contribution >= 0.6 is 11.8 Å². The first-order chi connectivity index (χ1) is 8.20. The van der Waals surface area contributed by atoms with E-state index >= 15 is 0 Å². The van der Waals surface area contributed by atoms with Gasteiger partial charge in [-0.3, -0.25) is 0 Å². The van der Waals surface area contributed by atoms with Gasteiger partial charge < -0.3 is 10.4 Å². The molecule has 3 nitrogen and oxygen atoms in total. The van der Waals surface area contributed by atoms with Crippen molar-refractivity contribution >= 4 is 23.4 Å². The second-order valence-corrected chi connectivity index (χ2v) is 4.60. The minimum absolute atomic E-state index is 0.330. The maximum atomic E-state index is 11.3. The van der Waals surface area contributed by atoms with Gasteiger partial charge in [-0.25, -0.2) is 4.79 Å². The number of nitrogens with one attached hydrogen (secondary N) is 1. The van der Waals surface area contributed by atoms with Crippen LogP contribution < -0.4 is 5.32 Å². The normalized spacial score (nSPS) is 9.65. The smallest absolute Gasteiger partial charge is 0.338 e. The topological polar surface area (TPSA) is 49.3 Å². The van der Waals surface area contributed by atoms with Crippen molar-refractivity contribution < 1.29 is 9.90 Å². The van der Waals surface area contributed by atoms with Crippen LogP contribution in [0, 0.1) is 12.3 Å². The van der Waals surface area contributed by atoms with Gasteiger partial charge in [-0.15, -0.1) is 24.1 Å². The molecule has 90 valence electrons. The number of hydrogen-bond donors (Lipinski definition) is 2. The number of aromatic carboxylic acids is 1. The van der Waals surface area contributed by atoms with Gasteiger partial charge in [0, 0.05) is 23.5 Å². The minimum Gasteiger partial charge on any atom is -0.478 e. The van der Waals surface area contributed by atoms with Gasteiger partial charge in [0.15, 0.2) is 0 Å². The molecule has 0 saturated carbocycles. The van der Waals surface area contributed by atoms with E-state index in [-0.39, 0.29) is 0 Å². The van der Waals surface area contributed by atoms with Crippen molar-refractivity contribution in [1.82, 2.24) is 0 Å². The molecule has 2 N–H and O–H groups in total. The third kappa shape index (κ3) is 3.72. The molecular weight excluding hydrogens is 234 g/mol. The summed E-state index contributed by atoms with van der Waals surface area (Å²) < 4.78 is 0. The van der Waals surface area contributed by atoms with Crippen LogP contribution in [0.4, 0.5) is 5.69 Å². The molecule has 0 bridgehead atoms. The van der Waals surface area contributed by atoms with Crippen molar-refractivity contribution in [2.45, 2.75) is 18.2 Å². The minimum atomic E-state index is -0.912. The van der Waals surface area contributed by atoms with Crippen molar-refractivity contribution in [3.8, 4) is 12.3 Å². The van der Waals surface area contributed by atoms with Crippen LogP contribution in [-0.4, -0.2) is 23.4 Å². The van der Waals surface area contributed by atoms with E-state index in [0.717, 1.165) is 10.6 Å². The van der Waals surface area contributed by atoms with Gasteiger partial charge >= 0.3 is 5.97 Å². The highest BCUT2D eigenvalue weighted by molar-refractivity contribution is 7.99. The monoisotopic (exact) mass is 249 g/mol. The molecule has 0 aliphatic heterocycles. The molecule has 17 heavy (non-hydrogen) atoms. The fraction of sp³-hybridized carbons (Fsp3) is 0.308. The average Bonchev–Trinajstić information content (AvgIpc) is 2.29. The lowest BCUT2D eigenvalue weighted by Gasteiger charge is -2.11. The number of carboxylic acid groups (broad SMARTS) is 1. The first kappa shape index (κ1) is 13.5. The van der Waals surface area contributed by atoms with E-state index in [2.05, 4.69) is 11.2 Å². The van der Waals surface area contributed by atoms with Crippen molar-refractivity contribution in [3.63, 3.8) is 0 Å². The summed E-state index contributed by atoms with van der Waals surface area (Å²) in [5.74, 6) is 2.44. The molecule has 0 aromatic heterocycles. The largest absolute Gasteiger partial charge is 0.478 e. The number of anilines is 1. The predicted molar refractivity (Wildman–Crippen MR) is 71.7 cm³/mol. The van der Waals surface area contributed by atoms with Gasteiger partial charge in [-0.1, -0.05) is 13.0 Å². The molecule has 0 spiro atoms. The number of carbonyl (C=O) groups is 1. The molecule has 0 aliphatic carbocycles. The zero-order valence-corrected chi connectivity index (χ0v) is 10.5. The Morgan fingerprint density at radius 2 is 2.35 bits per heavy atom. The molecular formula is C13H15NO2S. The number of terminal acetylenes is 1. The lowest BCUT2D eigenvalue weighted by Crippen LogP contribution is -2.08. The maximum Gasteiger partial charge on any atom is 0.338 e. The Bertz CT molecular complexity index is 438. The Kier molecular flexibility index (Phi) is 5.44. The van der Waals surface area contributed by atoms with Crippen molar-refractivity contribution in [2.24, 2.45) is 0 Å². The van der Waals surface area contributed by atoms with Crippen LogP contribution in [0.1, 0.15) is 23.7 Å².